The molecule has 0 unspecified atom stereocenters. The van der Waals surface area contributed by atoms with Crippen molar-refractivity contribution in [2.24, 2.45) is 0 Å². The summed E-state index contributed by atoms with van der Waals surface area (Å²) in [5.74, 6) is -0.331. The number of H-pyrrole nitrogens is 1. The molecule has 0 fully saturated rings. The fourth-order valence-electron chi connectivity index (χ4n) is 2.57. The Morgan fingerprint density at radius 3 is 2.58 bits per heavy atom. The van der Waals surface area contributed by atoms with Gasteiger partial charge in [-0.15, -0.1) is 0 Å². The lowest BCUT2D eigenvalue weighted by atomic mass is 10.1. The summed E-state index contributed by atoms with van der Waals surface area (Å²) in [5.41, 5.74) is 3.28. The van der Waals surface area contributed by atoms with Crippen LogP contribution in [0.1, 0.15) is 17.5 Å². The van der Waals surface area contributed by atoms with Crippen molar-refractivity contribution in [3.05, 3.63) is 66.1 Å². The molecule has 0 radical (unpaired) electrons. The SMILES string of the molecule is O=S(=O)([O-])CCC[n+]1ccc(C=Cc2c[nH]c3ccccc23)cc1. The number of aromatic amines is 1. The molecule has 0 atom stereocenters. The third-order valence-corrected chi connectivity index (χ3v) is 4.59. The number of para-hydroxylation sites is 1. The quantitative estimate of drug-likeness (QED) is 0.552. The van der Waals surface area contributed by atoms with Crippen LogP contribution in [-0.2, 0) is 16.7 Å². The van der Waals surface area contributed by atoms with E-state index >= 15 is 0 Å². The Morgan fingerprint density at radius 1 is 1.08 bits per heavy atom. The average molecular weight is 342 g/mol. The number of pyridine rings is 1. The molecule has 1 aromatic carbocycles. The van der Waals surface area contributed by atoms with Gasteiger partial charge in [0.2, 0.25) is 0 Å². The Bertz CT molecular complexity index is 957. The second kappa shape index (κ2) is 6.98. The van der Waals surface area contributed by atoms with Crippen molar-refractivity contribution in [2.75, 3.05) is 5.75 Å². The molecule has 0 bridgehead atoms. The van der Waals surface area contributed by atoms with Crippen molar-refractivity contribution < 1.29 is 17.5 Å². The first-order chi connectivity index (χ1) is 11.5. The van der Waals surface area contributed by atoms with Gasteiger partial charge in [-0.1, -0.05) is 30.4 Å². The normalized spacial score (nSPS) is 12.2. The van der Waals surface area contributed by atoms with Crippen LogP contribution in [-0.4, -0.2) is 23.7 Å². The van der Waals surface area contributed by atoms with Gasteiger partial charge in [-0.05, 0) is 17.2 Å². The van der Waals surface area contributed by atoms with Crippen LogP contribution in [0, 0.1) is 0 Å². The minimum absolute atomic E-state index is 0.320. The van der Waals surface area contributed by atoms with Crippen LogP contribution in [0.25, 0.3) is 23.1 Å². The Morgan fingerprint density at radius 2 is 1.83 bits per heavy atom. The van der Waals surface area contributed by atoms with E-state index in [1.165, 1.54) is 5.39 Å². The van der Waals surface area contributed by atoms with Crippen molar-refractivity contribution in [1.82, 2.24) is 4.98 Å². The topological polar surface area (TPSA) is 76.9 Å². The number of rotatable bonds is 6. The fraction of sp³-hybridized carbons (Fsp3) is 0.167. The predicted molar refractivity (Wildman–Crippen MR) is 93.0 cm³/mol. The number of hydrogen-bond acceptors (Lipinski definition) is 3. The van der Waals surface area contributed by atoms with Crippen LogP contribution >= 0.6 is 0 Å². The first kappa shape index (κ1) is 16.4. The van der Waals surface area contributed by atoms with E-state index < -0.39 is 10.1 Å². The molecule has 2 heterocycles. The average Bonchev–Trinajstić information content (AvgIpc) is 2.96. The molecule has 3 aromatic rings. The Hall–Kier alpha value is -2.44. The van der Waals surface area contributed by atoms with Crippen molar-refractivity contribution >= 4 is 33.2 Å². The van der Waals surface area contributed by atoms with Crippen LogP contribution in [0.2, 0.25) is 0 Å². The zero-order valence-electron chi connectivity index (χ0n) is 13.1. The smallest absolute Gasteiger partial charge is 0.169 e. The summed E-state index contributed by atoms with van der Waals surface area (Å²) < 4.78 is 33.6. The van der Waals surface area contributed by atoms with Crippen molar-refractivity contribution in [1.29, 1.82) is 0 Å². The summed E-state index contributed by atoms with van der Waals surface area (Å²) in [7, 11) is -4.13. The maximum absolute atomic E-state index is 10.6. The summed E-state index contributed by atoms with van der Waals surface area (Å²) in [4.78, 5) is 3.24. The monoisotopic (exact) mass is 342 g/mol. The summed E-state index contributed by atoms with van der Waals surface area (Å²) in [6.45, 7) is 0.508. The number of benzene rings is 1. The number of hydrogen-bond donors (Lipinski definition) is 1. The maximum Gasteiger partial charge on any atom is 0.169 e. The minimum Gasteiger partial charge on any atom is -0.748 e. The molecule has 3 rings (SSSR count). The molecule has 24 heavy (non-hydrogen) atoms. The van der Waals surface area contributed by atoms with Crippen molar-refractivity contribution in [2.45, 2.75) is 13.0 Å². The minimum atomic E-state index is -4.13. The molecule has 0 spiro atoms. The molecular weight excluding hydrogens is 324 g/mol. The van der Waals surface area contributed by atoms with E-state index in [0.717, 1.165) is 16.6 Å². The van der Waals surface area contributed by atoms with Crippen LogP contribution < -0.4 is 4.57 Å². The third-order valence-electron chi connectivity index (χ3n) is 3.80. The molecule has 0 aliphatic carbocycles. The molecular formula is C18H18N2O3S. The highest BCUT2D eigenvalue weighted by atomic mass is 32.2. The molecule has 6 heteroatoms. The highest BCUT2D eigenvalue weighted by Gasteiger charge is 2.03. The van der Waals surface area contributed by atoms with Crippen molar-refractivity contribution in [3.8, 4) is 0 Å². The predicted octanol–water partition coefficient (Wildman–Crippen LogP) is 2.56. The van der Waals surface area contributed by atoms with E-state index in [1.807, 2.05) is 59.6 Å². The van der Waals surface area contributed by atoms with Crippen molar-refractivity contribution in [3.63, 3.8) is 0 Å². The van der Waals surface area contributed by atoms with Crippen LogP contribution in [0.4, 0.5) is 0 Å². The van der Waals surface area contributed by atoms with E-state index in [9.17, 15) is 13.0 Å². The van der Waals surface area contributed by atoms with Gasteiger partial charge >= 0.3 is 0 Å². The third kappa shape index (κ3) is 4.31. The number of aryl methyl sites for hydroxylation is 1. The van der Waals surface area contributed by atoms with Crippen LogP contribution in [0.5, 0.6) is 0 Å². The second-order valence-corrected chi connectivity index (χ2v) is 7.13. The van der Waals surface area contributed by atoms with E-state index in [1.54, 1.807) is 0 Å². The summed E-state index contributed by atoms with van der Waals surface area (Å²) in [6.07, 6.45) is 10.2. The summed E-state index contributed by atoms with van der Waals surface area (Å²) in [6, 6.07) is 12.0. The number of nitrogens with zero attached hydrogens (tertiary/aromatic N) is 1. The Labute approximate surface area is 141 Å². The molecule has 2 aromatic heterocycles. The lowest BCUT2D eigenvalue weighted by Crippen LogP contribution is -2.33. The van der Waals surface area contributed by atoms with Gasteiger partial charge in [-0.25, -0.2) is 13.0 Å². The largest absolute Gasteiger partial charge is 0.748 e. The first-order valence-electron chi connectivity index (χ1n) is 7.68. The summed E-state index contributed by atoms with van der Waals surface area (Å²) >= 11 is 0. The number of nitrogens with one attached hydrogen (secondary N) is 1. The van der Waals surface area contributed by atoms with Gasteiger partial charge in [-0.2, -0.15) is 0 Å². The molecule has 1 N–H and O–H groups in total. The van der Waals surface area contributed by atoms with Gasteiger partial charge in [0.05, 0.1) is 10.1 Å². The van der Waals surface area contributed by atoms with E-state index in [2.05, 4.69) is 17.1 Å². The van der Waals surface area contributed by atoms with Gasteiger partial charge in [0.1, 0.15) is 6.54 Å². The molecule has 124 valence electrons. The zero-order valence-corrected chi connectivity index (χ0v) is 13.9. The van der Waals surface area contributed by atoms with E-state index in [0.29, 0.717) is 13.0 Å². The molecule has 0 saturated carbocycles. The van der Waals surface area contributed by atoms with Gasteiger partial charge in [0.15, 0.2) is 12.4 Å². The molecule has 0 saturated heterocycles. The fourth-order valence-corrected chi connectivity index (χ4v) is 3.05. The Kier molecular flexibility index (Phi) is 4.78. The van der Waals surface area contributed by atoms with E-state index in [4.69, 9.17) is 0 Å². The Balaban J connectivity index is 1.65. The van der Waals surface area contributed by atoms with E-state index in [-0.39, 0.29) is 5.75 Å². The lowest BCUT2D eigenvalue weighted by molar-refractivity contribution is -0.696. The molecule has 5 nitrogen and oxygen atoms in total. The maximum atomic E-state index is 10.6. The van der Waals surface area contributed by atoms with Gasteiger partial charge in [-0.3, -0.25) is 0 Å². The highest BCUT2D eigenvalue weighted by molar-refractivity contribution is 7.85. The lowest BCUT2D eigenvalue weighted by Gasteiger charge is -2.04. The van der Waals surface area contributed by atoms with Gasteiger partial charge in [0.25, 0.3) is 0 Å². The molecule has 0 aliphatic heterocycles. The number of fused-ring (bicyclic) bond motifs is 1. The van der Waals surface area contributed by atoms with Gasteiger partial charge < -0.3 is 9.54 Å². The second-order valence-electron chi connectivity index (χ2n) is 5.61. The first-order valence-corrected chi connectivity index (χ1v) is 9.26. The summed E-state index contributed by atoms with van der Waals surface area (Å²) in [5, 5.41) is 1.18. The van der Waals surface area contributed by atoms with Crippen LogP contribution in [0.15, 0.2) is 55.0 Å². The van der Waals surface area contributed by atoms with Crippen LogP contribution in [0.3, 0.4) is 0 Å². The molecule has 0 amide bonds. The highest BCUT2D eigenvalue weighted by Crippen LogP contribution is 2.19. The zero-order chi connectivity index (χ0) is 17.0. The molecule has 0 aliphatic rings. The number of aromatic nitrogens is 2. The van der Waals surface area contributed by atoms with Gasteiger partial charge in [0, 0.05) is 41.4 Å². The standard InChI is InChI=1S/C18H18N2O3S/c21-24(22,23)13-3-10-20-11-8-15(9-12-20)6-7-16-14-19-18-5-2-1-4-17(16)18/h1-2,4-9,11-12,14H,3,10,13H2,(H,21,22,23).